The molecule has 1 N–H and O–H groups in total. The largest absolute Gasteiger partial charge is 0.354 e. The number of benzene rings is 1. The number of likely N-dealkylation sites (N-methyl/N-ethyl adjacent to an activating group) is 1. The van der Waals surface area contributed by atoms with Gasteiger partial charge in [-0.05, 0) is 42.1 Å². The molecule has 0 saturated carbocycles. The molecule has 1 aliphatic heterocycles. The molecule has 4 rings (SSSR count). The minimum atomic E-state index is 0.284. The predicted octanol–water partition coefficient (Wildman–Crippen LogP) is 3.96. The molecule has 3 heterocycles. The van der Waals surface area contributed by atoms with E-state index in [4.69, 9.17) is 11.6 Å². The molecule has 2 aromatic heterocycles. The SMILES string of the molecule is C[C@H]1CCN(Cc2ccccc2)C[C@@H]1N(C)c1nc(Cl)nc2[nH]ccc12. The zero-order chi connectivity index (χ0) is 18.1. The van der Waals surface area contributed by atoms with Crippen molar-refractivity contribution in [3.8, 4) is 0 Å². The molecule has 5 nitrogen and oxygen atoms in total. The van der Waals surface area contributed by atoms with Crippen LogP contribution >= 0.6 is 11.6 Å². The quantitative estimate of drug-likeness (QED) is 0.707. The molecule has 1 aromatic carbocycles. The molecule has 0 bridgehead atoms. The van der Waals surface area contributed by atoms with Crippen LogP contribution in [0.4, 0.5) is 5.82 Å². The molecule has 136 valence electrons. The van der Waals surface area contributed by atoms with E-state index < -0.39 is 0 Å². The molecule has 0 spiro atoms. The second kappa shape index (κ2) is 7.25. The number of likely N-dealkylation sites (tertiary alicyclic amines) is 1. The smallest absolute Gasteiger partial charge is 0.226 e. The molecule has 0 amide bonds. The summed E-state index contributed by atoms with van der Waals surface area (Å²) in [5.41, 5.74) is 2.15. The minimum Gasteiger partial charge on any atom is -0.354 e. The Kier molecular flexibility index (Phi) is 4.83. The highest BCUT2D eigenvalue weighted by Crippen LogP contribution is 2.30. The van der Waals surface area contributed by atoms with Gasteiger partial charge in [0.2, 0.25) is 5.28 Å². The lowest BCUT2D eigenvalue weighted by Crippen LogP contribution is -2.50. The lowest BCUT2D eigenvalue weighted by atomic mass is 9.92. The Morgan fingerprint density at radius 3 is 2.85 bits per heavy atom. The van der Waals surface area contributed by atoms with E-state index >= 15 is 0 Å². The van der Waals surface area contributed by atoms with Crippen LogP contribution in [0.1, 0.15) is 18.9 Å². The van der Waals surface area contributed by atoms with E-state index in [-0.39, 0.29) is 5.28 Å². The van der Waals surface area contributed by atoms with E-state index in [1.54, 1.807) is 0 Å². The van der Waals surface area contributed by atoms with Crippen molar-refractivity contribution >= 4 is 28.5 Å². The first-order chi connectivity index (χ1) is 12.6. The number of anilines is 1. The normalized spacial score (nSPS) is 21.2. The van der Waals surface area contributed by atoms with E-state index in [1.807, 2.05) is 12.3 Å². The number of H-pyrrole nitrogens is 1. The highest BCUT2D eigenvalue weighted by Gasteiger charge is 2.31. The van der Waals surface area contributed by atoms with E-state index in [0.29, 0.717) is 12.0 Å². The van der Waals surface area contributed by atoms with Gasteiger partial charge in [0.05, 0.1) is 5.39 Å². The number of rotatable bonds is 4. The van der Waals surface area contributed by atoms with Crippen molar-refractivity contribution < 1.29 is 0 Å². The van der Waals surface area contributed by atoms with Crippen LogP contribution in [0.25, 0.3) is 11.0 Å². The summed E-state index contributed by atoms with van der Waals surface area (Å²) < 4.78 is 0. The summed E-state index contributed by atoms with van der Waals surface area (Å²) in [6.07, 6.45) is 3.07. The number of nitrogens with zero attached hydrogens (tertiary/aromatic N) is 4. The third-order valence-corrected chi connectivity index (χ3v) is 5.62. The second-order valence-corrected chi connectivity index (χ2v) is 7.56. The molecule has 0 radical (unpaired) electrons. The van der Waals surface area contributed by atoms with Crippen LogP contribution in [0.2, 0.25) is 5.28 Å². The van der Waals surface area contributed by atoms with Gasteiger partial charge in [0.25, 0.3) is 0 Å². The van der Waals surface area contributed by atoms with Crippen LogP contribution in [0, 0.1) is 5.92 Å². The molecule has 26 heavy (non-hydrogen) atoms. The molecule has 1 aliphatic rings. The van der Waals surface area contributed by atoms with Crippen LogP contribution in [-0.4, -0.2) is 46.0 Å². The Morgan fingerprint density at radius 2 is 2.04 bits per heavy atom. The summed E-state index contributed by atoms with van der Waals surface area (Å²) in [6, 6.07) is 13.1. The summed E-state index contributed by atoms with van der Waals surface area (Å²) >= 11 is 6.16. The van der Waals surface area contributed by atoms with Crippen LogP contribution in [0.5, 0.6) is 0 Å². The van der Waals surface area contributed by atoms with Gasteiger partial charge in [0.1, 0.15) is 11.5 Å². The standard InChI is InChI=1S/C20H24ClN5/c1-14-9-11-26(12-15-6-4-3-5-7-15)13-17(14)25(2)19-16-8-10-22-18(16)23-20(21)24-19/h3-8,10,14,17H,9,11-13H2,1-2H3,(H,22,23,24)/t14-,17-/m0/s1. The third-order valence-electron chi connectivity index (χ3n) is 5.45. The second-order valence-electron chi connectivity index (χ2n) is 7.22. The number of halogens is 1. The molecule has 2 atom stereocenters. The zero-order valence-electron chi connectivity index (χ0n) is 15.2. The number of piperidine rings is 1. The van der Waals surface area contributed by atoms with Crippen molar-refractivity contribution in [1.29, 1.82) is 0 Å². The number of aromatic amines is 1. The molecule has 0 aliphatic carbocycles. The minimum absolute atomic E-state index is 0.284. The van der Waals surface area contributed by atoms with Crippen LogP contribution in [-0.2, 0) is 6.54 Å². The maximum absolute atomic E-state index is 6.16. The molecule has 0 unspecified atom stereocenters. The maximum atomic E-state index is 6.16. The third kappa shape index (κ3) is 3.41. The lowest BCUT2D eigenvalue weighted by Gasteiger charge is -2.42. The highest BCUT2D eigenvalue weighted by atomic mass is 35.5. The fraction of sp³-hybridized carbons (Fsp3) is 0.400. The van der Waals surface area contributed by atoms with E-state index in [1.165, 1.54) is 12.0 Å². The summed E-state index contributed by atoms with van der Waals surface area (Å²) in [7, 11) is 2.12. The first-order valence-electron chi connectivity index (χ1n) is 9.11. The summed E-state index contributed by atoms with van der Waals surface area (Å²) in [5.74, 6) is 1.49. The first-order valence-corrected chi connectivity index (χ1v) is 9.49. The fourth-order valence-corrected chi connectivity index (χ4v) is 4.09. The molecule has 3 aromatic rings. The molecule has 1 saturated heterocycles. The van der Waals surface area contributed by atoms with Crippen molar-refractivity contribution in [3.05, 3.63) is 53.4 Å². The van der Waals surface area contributed by atoms with E-state index in [0.717, 1.165) is 36.5 Å². The number of hydrogen-bond acceptors (Lipinski definition) is 4. The van der Waals surface area contributed by atoms with Crippen molar-refractivity contribution in [2.45, 2.75) is 25.9 Å². The number of nitrogens with one attached hydrogen (secondary N) is 1. The van der Waals surface area contributed by atoms with Gasteiger partial charge in [-0.25, -0.2) is 0 Å². The number of hydrogen-bond donors (Lipinski definition) is 1. The zero-order valence-corrected chi connectivity index (χ0v) is 15.9. The van der Waals surface area contributed by atoms with Crippen molar-refractivity contribution in [3.63, 3.8) is 0 Å². The Morgan fingerprint density at radius 1 is 1.23 bits per heavy atom. The maximum Gasteiger partial charge on any atom is 0.226 e. The van der Waals surface area contributed by atoms with Gasteiger partial charge < -0.3 is 9.88 Å². The lowest BCUT2D eigenvalue weighted by molar-refractivity contribution is 0.159. The van der Waals surface area contributed by atoms with Crippen molar-refractivity contribution in [1.82, 2.24) is 19.9 Å². The van der Waals surface area contributed by atoms with Gasteiger partial charge in [-0.15, -0.1) is 0 Å². The van der Waals surface area contributed by atoms with Crippen LogP contribution in [0.15, 0.2) is 42.6 Å². The average Bonchev–Trinajstić information content (AvgIpc) is 3.11. The van der Waals surface area contributed by atoms with Crippen LogP contribution in [0.3, 0.4) is 0 Å². The molecule has 1 fully saturated rings. The summed E-state index contributed by atoms with van der Waals surface area (Å²) in [5, 5.41) is 1.30. The van der Waals surface area contributed by atoms with Gasteiger partial charge in [0.15, 0.2) is 0 Å². The van der Waals surface area contributed by atoms with Crippen molar-refractivity contribution in [2.24, 2.45) is 5.92 Å². The Labute approximate surface area is 159 Å². The van der Waals surface area contributed by atoms with E-state index in [2.05, 4.69) is 69.1 Å². The Bertz CT molecular complexity index is 878. The topological polar surface area (TPSA) is 48.1 Å². The van der Waals surface area contributed by atoms with Gasteiger partial charge >= 0.3 is 0 Å². The van der Waals surface area contributed by atoms with Gasteiger partial charge in [-0.3, -0.25) is 4.90 Å². The number of aromatic nitrogens is 3. The Balaban J connectivity index is 1.57. The summed E-state index contributed by atoms with van der Waals surface area (Å²) in [4.78, 5) is 16.8. The van der Waals surface area contributed by atoms with Crippen molar-refractivity contribution in [2.75, 3.05) is 25.0 Å². The molecular weight excluding hydrogens is 346 g/mol. The van der Waals surface area contributed by atoms with Crippen LogP contribution < -0.4 is 4.90 Å². The van der Waals surface area contributed by atoms with Gasteiger partial charge in [-0.1, -0.05) is 37.3 Å². The number of fused-ring (bicyclic) bond motifs is 1. The van der Waals surface area contributed by atoms with Gasteiger partial charge in [-0.2, -0.15) is 9.97 Å². The highest BCUT2D eigenvalue weighted by molar-refractivity contribution is 6.28. The average molecular weight is 370 g/mol. The first kappa shape index (κ1) is 17.3. The predicted molar refractivity (Wildman–Crippen MR) is 107 cm³/mol. The van der Waals surface area contributed by atoms with E-state index in [9.17, 15) is 0 Å². The van der Waals surface area contributed by atoms with Gasteiger partial charge in [0, 0.05) is 32.4 Å². The monoisotopic (exact) mass is 369 g/mol. The molecular formula is C20H24ClN5. The molecule has 6 heteroatoms. The summed E-state index contributed by atoms with van der Waals surface area (Å²) in [6.45, 7) is 5.46. The fourth-order valence-electron chi connectivity index (χ4n) is 3.93. The Hall–Kier alpha value is -2.11.